The summed E-state index contributed by atoms with van der Waals surface area (Å²) < 4.78 is 39.9. The molecule has 1 unspecified atom stereocenters. The van der Waals surface area contributed by atoms with Crippen LogP contribution in [0.4, 0.5) is 0 Å². The van der Waals surface area contributed by atoms with E-state index in [0.717, 1.165) is 16.0 Å². The largest absolute Gasteiger partial charge is 0.489 e. The lowest BCUT2D eigenvalue weighted by Crippen LogP contribution is -2.42. The zero-order chi connectivity index (χ0) is 24.9. The molecular weight excluding hydrogens is 460 g/mol. The van der Waals surface area contributed by atoms with Crippen molar-refractivity contribution in [1.82, 2.24) is 9.62 Å². The van der Waals surface area contributed by atoms with E-state index in [9.17, 15) is 18.0 Å². The molecule has 1 aliphatic rings. The number of hydrogen-bond acceptors (Lipinski definition) is 6. The average Bonchev–Trinajstić information content (AvgIpc) is 2.75. The predicted molar refractivity (Wildman–Crippen MR) is 126 cm³/mol. The van der Waals surface area contributed by atoms with Crippen LogP contribution in [-0.4, -0.2) is 61.8 Å². The molecule has 0 saturated carbocycles. The number of ether oxygens (including phenoxy) is 2. The third-order valence-corrected chi connectivity index (χ3v) is 6.88. The Morgan fingerprint density at radius 3 is 2.59 bits per heavy atom. The van der Waals surface area contributed by atoms with Gasteiger partial charge in [-0.2, -0.15) is 0 Å². The van der Waals surface area contributed by atoms with E-state index in [2.05, 4.69) is 4.72 Å². The standard InChI is InChI=1S/C24H30N2O7S/c1-24(2)12-18(16-34(30,31)25-13-22(27)26(3)14-23(28)29)20-11-19(9-10-21(20)33-24)32-15-17-7-5-4-6-8-17/h4-11,18,25H,12-16H2,1-3H3,(H,28,29). The van der Waals surface area contributed by atoms with Crippen LogP contribution in [0.25, 0.3) is 0 Å². The molecule has 0 saturated heterocycles. The van der Waals surface area contributed by atoms with Crippen molar-refractivity contribution in [2.24, 2.45) is 0 Å². The zero-order valence-corrected chi connectivity index (χ0v) is 20.3. The van der Waals surface area contributed by atoms with E-state index in [1.807, 2.05) is 44.2 Å². The fraction of sp³-hybridized carbons (Fsp3) is 0.417. The van der Waals surface area contributed by atoms with Gasteiger partial charge in [0.05, 0.1) is 12.3 Å². The molecule has 2 aromatic carbocycles. The van der Waals surface area contributed by atoms with Crippen LogP contribution in [0.5, 0.6) is 11.5 Å². The Morgan fingerprint density at radius 1 is 1.21 bits per heavy atom. The summed E-state index contributed by atoms with van der Waals surface area (Å²) in [6.45, 7) is 3.16. The number of amides is 1. The highest BCUT2D eigenvalue weighted by Crippen LogP contribution is 2.43. The molecule has 0 aromatic heterocycles. The summed E-state index contributed by atoms with van der Waals surface area (Å²) in [4.78, 5) is 23.8. The SMILES string of the molecule is CN(CC(=O)O)C(=O)CNS(=O)(=O)CC1CC(C)(C)Oc2ccc(OCc3ccccc3)cc21. The van der Waals surface area contributed by atoms with Crippen molar-refractivity contribution < 1.29 is 32.6 Å². The highest BCUT2D eigenvalue weighted by atomic mass is 32.2. The van der Waals surface area contributed by atoms with E-state index in [0.29, 0.717) is 24.5 Å². The molecule has 1 aliphatic heterocycles. The first-order valence-electron chi connectivity index (χ1n) is 10.9. The van der Waals surface area contributed by atoms with Crippen molar-refractivity contribution >= 4 is 21.9 Å². The summed E-state index contributed by atoms with van der Waals surface area (Å²) in [5.74, 6) is -1.23. The summed E-state index contributed by atoms with van der Waals surface area (Å²) in [6.07, 6.45) is 0.454. The number of nitrogens with zero attached hydrogens (tertiary/aromatic N) is 1. The van der Waals surface area contributed by atoms with Crippen LogP contribution in [0.15, 0.2) is 48.5 Å². The van der Waals surface area contributed by atoms with Crippen LogP contribution in [-0.2, 0) is 26.2 Å². The van der Waals surface area contributed by atoms with Crippen molar-refractivity contribution in [3.63, 3.8) is 0 Å². The average molecular weight is 491 g/mol. The number of sulfonamides is 1. The fourth-order valence-corrected chi connectivity index (χ4v) is 5.17. The van der Waals surface area contributed by atoms with Crippen molar-refractivity contribution in [2.75, 3.05) is 25.9 Å². The predicted octanol–water partition coefficient (Wildman–Crippen LogP) is 2.37. The van der Waals surface area contributed by atoms with E-state index in [-0.39, 0.29) is 11.7 Å². The first-order chi connectivity index (χ1) is 15.9. The first kappa shape index (κ1) is 25.5. The molecule has 184 valence electrons. The number of carboxylic acids is 1. The monoisotopic (exact) mass is 490 g/mol. The van der Waals surface area contributed by atoms with Gasteiger partial charge >= 0.3 is 5.97 Å². The maximum Gasteiger partial charge on any atom is 0.323 e. The van der Waals surface area contributed by atoms with Crippen LogP contribution < -0.4 is 14.2 Å². The Bertz CT molecular complexity index is 1130. The van der Waals surface area contributed by atoms with Gasteiger partial charge < -0.3 is 19.5 Å². The van der Waals surface area contributed by atoms with Crippen LogP contribution in [0.3, 0.4) is 0 Å². The Balaban J connectivity index is 1.72. The van der Waals surface area contributed by atoms with Gasteiger partial charge in [-0.25, -0.2) is 13.1 Å². The molecule has 0 spiro atoms. The van der Waals surface area contributed by atoms with Crippen molar-refractivity contribution in [1.29, 1.82) is 0 Å². The lowest BCUT2D eigenvalue weighted by atomic mass is 9.85. The van der Waals surface area contributed by atoms with Gasteiger partial charge in [0, 0.05) is 18.5 Å². The molecule has 1 amide bonds. The summed E-state index contributed by atoms with van der Waals surface area (Å²) in [5, 5.41) is 8.79. The molecule has 0 radical (unpaired) electrons. The Hall–Kier alpha value is -3.11. The number of carbonyl (C=O) groups excluding carboxylic acids is 1. The van der Waals surface area contributed by atoms with Gasteiger partial charge in [-0.15, -0.1) is 0 Å². The van der Waals surface area contributed by atoms with Gasteiger partial charge in [0.25, 0.3) is 0 Å². The van der Waals surface area contributed by atoms with Gasteiger partial charge in [0.1, 0.15) is 30.3 Å². The number of benzene rings is 2. The maximum atomic E-state index is 12.8. The minimum absolute atomic E-state index is 0.245. The van der Waals surface area contributed by atoms with Gasteiger partial charge in [0.15, 0.2) is 0 Å². The molecule has 0 aliphatic carbocycles. The molecular formula is C24H30N2O7S. The molecule has 9 nitrogen and oxygen atoms in total. The summed E-state index contributed by atoms with van der Waals surface area (Å²) in [5.41, 5.74) is 1.17. The number of carbonyl (C=O) groups is 2. The van der Waals surface area contributed by atoms with Crippen LogP contribution in [0, 0.1) is 0 Å². The number of rotatable bonds is 10. The Kier molecular flexibility index (Phi) is 7.83. The number of carboxylic acid groups (broad SMARTS) is 1. The van der Waals surface area contributed by atoms with Crippen LogP contribution in [0.2, 0.25) is 0 Å². The number of hydrogen-bond donors (Lipinski definition) is 2. The fourth-order valence-electron chi connectivity index (χ4n) is 3.88. The number of fused-ring (bicyclic) bond motifs is 1. The van der Waals surface area contributed by atoms with Gasteiger partial charge in [0.2, 0.25) is 15.9 Å². The number of nitrogens with one attached hydrogen (secondary N) is 1. The molecule has 0 bridgehead atoms. The lowest BCUT2D eigenvalue weighted by Gasteiger charge is -2.37. The number of likely N-dealkylation sites (N-methyl/N-ethyl adjacent to an activating group) is 1. The van der Waals surface area contributed by atoms with Crippen molar-refractivity contribution in [2.45, 2.75) is 38.4 Å². The van der Waals surface area contributed by atoms with E-state index >= 15 is 0 Å². The van der Waals surface area contributed by atoms with Crippen molar-refractivity contribution in [3.05, 3.63) is 59.7 Å². The molecule has 1 atom stereocenters. The topological polar surface area (TPSA) is 122 Å². The quantitative estimate of drug-likeness (QED) is 0.524. The van der Waals surface area contributed by atoms with Crippen LogP contribution in [0.1, 0.15) is 37.3 Å². The number of aliphatic carboxylic acids is 1. The highest BCUT2D eigenvalue weighted by molar-refractivity contribution is 7.89. The Morgan fingerprint density at radius 2 is 1.91 bits per heavy atom. The Labute approximate surface area is 199 Å². The minimum atomic E-state index is -3.84. The third kappa shape index (κ3) is 7.19. The van der Waals surface area contributed by atoms with Gasteiger partial charge in [-0.1, -0.05) is 30.3 Å². The van der Waals surface area contributed by atoms with E-state index in [1.165, 1.54) is 7.05 Å². The highest BCUT2D eigenvalue weighted by Gasteiger charge is 2.36. The second-order valence-electron chi connectivity index (χ2n) is 8.98. The maximum absolute atomic E-state index is 12.8. The molecule has 34 heavy (non-hydrogen) atoms. The van der Waals surface area contributed by atoms with E-state index < -0.39 is 40.6 Å². The lowest BCUT2D eigenvalue weighted by molar-refractivity contribution is -0.143. The molecule has 3 rings (SSSR count). The van der Waals surface area contributed by atoms with Gasteiger partial charge in [-0.3, -0.25) is 9.59 Å². The first-order valence-corrected chi connectivity index (χ1v) is 12.5. The molecule has 10 heteroatoms. The zero-order valence-electron chi connectivity index (χ0n) is 19.5. The van der Waals surface area contributed by atoms with E-state index in [4.69, 9.17) is 14.6 Å². The summed E-state index contributed by atoms with van der Waals surface area (Å²) in [7, 11) is -2.54. The second-order valence-corrected chi connectivity index (χ2v) is 10.8. The normalized spacial score (nSPS) is 16.7. The molecule has 2 aromatic rings. The molecule has 1 heterocycles. The van der Waals surface area contributed by atoms with Gasteiger partial charge in [-0.05, 0) is 44.0 Å². The summed E-state index contributed by atoms with van der Waals surface area (Å²) in [6, 6.07) is 15.1. The molecule has 0 fully saturated rings. The van der Waals surface area contributed by atoms with Crippen LogP contribution >= 0.6 is 0 Å². The minimum Gasteiger partial charge on any atom is -0.489 e. The smallest absolute Gasteiger partial charge is 0.323 e. The van der Waals surface area contributed by atoms with E-state index in [1.54, 1.807) is 18.2 Å². The van der Waals surface area contributed by atoms with Crippen molar-refractivity contribution in [3.8, 4) is 11.5 Å². The molecule has 2 N–H and O–H groups in total. The third-order valence-electron chi connectivity index (χ3n) is 5.46. The second kappa shape index (κ2) is 10.4. The summed E-state index contributed by atoms with van der Waals surface area (Å²) >= 11 is 0.